The standard InChI is InChI=1S/C46H24N6/c1-49-34-20-21-38-36-8-3-6-13-43(36)52(45(38)26-34)46-35(10-7-11-40(46)50-2)31-17-15-30(16-18-31)32-19-23-41(33(25-32)28-48)51-42-12-5-4-9-37(42)39-24-29(27-47)14-22-44(39)51/h3-26H. The molecule has 6 heteroatoms. The average molecular weight is 661 g/mol. The van der Waals surface area contributed by atoms with E-state index in [0.717, 1.165) is 77.2 Å². The monoisotopic (exact) mass is 660 g/mol. The maximum absolute atomic E-state index is 10.4. The van der Waals surface area contributed by atoms with Crippen molar-refractivity contribution in [1.82, 2.24) is 9.13 Å². The molecule has 0 aliphatic heterocycles. The minimum absolute atomic E-state index is 0.514. The molecular formula is C46H24N6. The molecule has 0 radical (unpaired) electrons. The summed E-state index contributed by atoms with van der Waals surface area (Å²) < 4.78 is 4.21. The highest BCUT2D eigenvalue weighted by Crippen LogP contribution is 2.42. The number of hydrogen-bond donors (Lipinski definition) is 0. The zero-order valence-electron chi connectivity index (χ0n) is 27.5. The number of para-hydroxylation sites is 3. The van der Waals surface area contributed by atoms with Gasteiger partial charge in [-0.15, -0.1) is 0 Å². The van der Waals surface area contributed by atoms with Gasteiger partial charge in [0, 0.05) is 27.1 Å². The van der Waals surface area contributed by atoms with Gasteiger partial charge in [0.1, 0.15) is 6.07 Å². The van der Waals surface area contributed by atoms with E-state index in [9.17, 15) is 10.5 Å². The first-order valence-corrected chi connectivity index (χ1v) is 16.6. The maximum atomic E-state index is 10.4. The first-order chi connectivity index (χ1) is 25.6. The summed E-state index contributed by atoms with van der Waals surface area (Å²) in [6.07, 6.45) is 0. The van der Waals surface area contributed by atoms with E-state index in [2.05, 4.69) is 55.2 Å². The molecule has 2 aromatic heterocycles. The SMILES string of the molecule is [C-]#[N+]c1ccc2c3ccccc3n(-c3c([N+]#[C-])cccc3-c3ccc(-c4ccc(-n5c6ccccc6c6cc(C#N)ccc65)c(C#N)c4)cc3)c2c1. The van der Waals surface area contributed by atoms with E-state index in [1.807, 2.05) is 121 Å². The van der Waals surface area contributed by atoms with Crippen LogP contribution in [0.5, 0.6) is 0 Å². The number of aromatic nitrogens is 2. The molecule has 7 aromatic carbocycles. The van der Waals surface area contributed by atoms with E-state index in [1.165, 1.54) is 0 Å². The molecule has 0 spiro atoms. The number of benzene rings is 7. The first-order valence-electron chi connectivity index (χ1n) is 16.6. The van der Waals surface area contributed by atoms with Gasteiger partial charge in [0.2, 0.25) is 5.69 Å². The smallest absolute Gasteiger partial charge is 0.211 e. The maximum Gasteiger partial charge on any atom is 0.211 e. The van der Waals surface area contributed by atoms with E-state index >= 15 is 0 Å². The summed E-state index contributed by atoms with van der Waals surface area (Å²) >= 11 is 0. The van der Waals surface area contributed by atoms with Crippen LogP contribution in [0, 0.1) is 35.8 Å². The lowest BCUT2D eigenvalue weighted by Gasteiger charge is -2.17. The van der Waals surface area contributed by atoms with Crippen molar-refractivity contribution in [3.05, 3.63) is 180 Å². The highest BCUT2D eigenvalue weighted by molar-refractivity contribution is 6.12. The Bertz CT molecular complexity index is 3110. The van der Waals surface area contributed by atoms with Gasteiger partial charge in [0.05, 0.1) is 58.3 Å². The molecule has 0 fully saturated rings. The molecular weight excluding hydrogens is 637 g/mol. The zero-order chi connectivity index (χ0) is 35.3. The summed E-state index contributed by atoms with van der Waals surface area (Å²) in [5.74, 6) is 0. The molecule has 0 aliphatic carbocycles. The van der Waals surface area contributed by atoms with Crippen LogP contribution in [0.3, 0.4) is 0 Å². The summed E-state index contributed by atoms with van der Waals surface area (Å²) in [6, 6.07) is 52.2. The third-order valence-corrected chi connectivity index (χ3v) is 9.83. The van der Waals surface area contributed by atoms with E-state index in [4.69, 9.17) is 13.1 Å². The Morgan fingerprint density at radius 1 is 0.481 bits per heavy atom. The molecule has 6 nitrogen and oxygen atoms in total. The van der Waals surface area contributed by atoms with Crippen LogP contribution in [0.15, 0.2) is 146 Å². The van der Waals surface area contributed by atoms with Gasteiger partial charge < -0.3 is 9.13 Å². The van der Waals surface area contributed by atoms with E-state index < -0.39 is 0 Å². The Morgan fingerprint density at radius 2 is 1.15 bits per heavy atom. The summed E-state index contributed by atoms with van der Waals surface area (Å²) in [6.45, 7) is 15.8. The van der Waals surface area contributed by atoms with Crippen molar-refractivity contribution in [2.24, 2.45) is 0 Å². The van der Waals surface area contributed by atoms with Gasteiger partial charge in [-0.05, 0) is 70.8 Å². The minimum atomic E-state index is 0.514. The van der Waals surface area contributed by atoms with Gasteiger partial charge in [-0.2, -0.15) is 10.5 Å². The van der Waals surface area contributed by atoms with Crippen molar-refractivity contribution in [3.63, 3.8) is 0 Å². The largest absolute Gasteiger partial charge is 0.320 e. The Hall–Kier alpha value is -7.90. The van der Waals surface area contributed by atoms with Crippen molar-refractivity contribution < 1.29 is 0 Å². The van der Waals surface area contributed by atoms with Gasteiger partial charge in [-0.25, -0.2) is 9.69 Å². The van der Waals surface area contributed by atoms with Crippen LogP contribution < -0.4 is 0 Å². The molecule has 9 rings (SSSR count). The van der Waals surface area contributed by atoms with Crippen LogP contribution in [-0.4, -0.2) is 9.13 Å². The second-order valence-corrected chi connectivity index (χ2v) is 12.6. The van der Waals surface area contributed by atoms with Crippen LogP contribution >= 0.6 is 0 Å². The molecule has 0 atom stereocenters. The Morgan fingerprint density at radius 3 is 1.88 bits per heavy atom. The van der Waals surface area contributed by atoms with Gasteiger partial charge >= 0.3 is 0 Å². The van der Waals surface area contributed by atoms with Crippen LogP contribution in [0.1, 0.15) is 11.1 Å². The molecule has 0 bridgehead atoms. The molecule has 52 heavy (non-hydrogen) atoms. The summed E-state index contributed by atoms with van der Waals surface area (Å²) in [7, 11) is 0. The first kappa shape index (κ1) is 30.2. The van der Waals surface area contributed by atoms with Gasteiger partial charge in [0.25, 0.3) is 0 Å². The second kappa shape index (κ2) is 11.9. The zero-order valence-corrected chi connectivity index (χ0v) is 27.5. The second-order valence-electron chi connectivity index (χ2n) is 12.6. The van der Waals surface area contributed by atoms with Crippen LogP contribution in [0.25, 0.3) is 86.9 Å². The van der Waals surface area contributed by atoms with Crippen molar-refractivity contribution in [2.75, 3.05) is 0 Å². The Kier molecular flexibility index (Phi) is 6.91. The fourth-order valence-corrected chi connectivity index (χ4v) is 7.50. The van der Waals surface area contributed by atoms with Gasteiger partial charge in [0.15, 0.2) is 5.69 Å². The molecule has 0 N–H and O–H groups in total. The lowest BCUT2D eigenvalue weighted by Crippen LogP contribution is -1.98. The fourth-order valence-electron chi connectivity index (χ4n) is 7.50. The van der Waals surface area contributed by atoms with Gasteiger partial charge in [-0.1, -0.05) is 97.1 Å². The Balaban J connectivity index is 1.16. The van der Waals surface area contributed by atoms with Crippen molar-refractivity contribution in [2.45, 2.75) is 0 Å². The molecule has 238 valence electrons. The normalized spacial score (nSPS) is 11.0. The third-order valence-electron chi connectivity index (χ3n) is 9.83. The van der Waals surface area contributed by atoms with E-state index in [1.54, 1.807) is 0 Å². The molecule has 2 heterocycles. The number of nitriles is 2. The van der Waals surface area contributed by atoms with Crippen molar-refractivity contribution in [3.8, 4) is 45.8 Å². The van der Waals surface area contributed by atoms with E-state index in [0.29, 0.717) is 22.5 Å². The lowest BCUT2D eigenvalue weighted by molar-refractivity contribution is 1.17. The lowest BCUT2D eigenvalue weighted by atomic mass is 9.97. The molecule has 0 unspecified atom stereocenters. The van der Waals surface area contributed by atoms with E-state index in [-0.39, 0.29) is 0 Å². The molecule has 0 saturated carbocycles. The Labute approximate surface area is 299 Å². The molecule has 0 amide bonds. The number of fused-ring (bicyclic) bond motifs is 6. The molecule has 9 aromatic rings. The topological polar surface area (TPSA) is 66.2 Å². The van der Waals surface area contributed by atoms with Crippen LogP contribution in [-0.2, 0) is 0 Å². The molecule has 0 saturated heterocycles. The predicted molar refractivity (Wildman–Crippen MR) is 208 cm³/mol. The number of nitrogens with zero attached hydrogens (tertiary/aromatic N) is 6. The van der Waals surface area contributed by atoms with Crippen LogP contribution in [0.4, 0.5) is 11.4 Å². The van der Waals surface area contributed by atoms with Gasteiger partial charge in [-0.3, -0.25) is 0 Å². The summed E-state index contributed by atoms with van der Waals surface area (Å²) in [5, 5.41) is 24.0. The molecule has 0 aliphatic rings. The quantitative estimate of drug-likeness (QED) is 0.176. The minimum Gasteiger partial charge on any atom is -0.320 e. The number of rotatable bonds is 4. The predicted octanol–water partition coefficient (Wildman–Crippen LogP) is 12.1. The average Bonchev–Trinajstić information content (AvgIpc) is 3.72. The number of hydrogen-bond acceptors (Lipinski definition) is 2. The van der Waals surface area contributed by atoms with Crippen molar-refractivity contribution in [1.29, 1.82) is 10.5 Å². The summed E-state index contributed by atoms with van der Waals surface area (Å²) in [5.41, 5.74) is 11.1. The third kappa shape index (κ3) is 4.54. The van der Waals surface area contributed by atoms with Crippen LogP contribution in [0.2, 0.25) is 0 Å². The summed E-state index contributed by atoms with van der Waals surface area (Å²) in [4.78, 5) is 7.65. The highest BCUT2D eigenvalue weighted by Gasteiger charge is 2.20. The fraction of sp³-hybridized carbons (Fsp3) is 0. The van der Waals surface area contributed by atoms with Crippen molar-refractivity contribution >= 4 is 55.0 Å². The highest BCUT2D eigenvalue weighted by atomic mass is 15.0.